The number of carbonyl (C=O) groups excluding carboxylic acids is 1. The van der Waals surface area contributed by atoms with Gasteiger partial charge in [-0.25, -0.2) is 4.79 Å². The first-order valence-electron chi connectivity index (χ1n) is 5.19. The molecule has 0 aliphatic rings. The van der Waals surface area contributed by atoms with E-state index in [1.54, 1.807) is 12.1 Å². The summed E-state index contributed by atoms with van der Waals surface area (Å²) in [4.78, 5) is 25.9. The summed E-state index contributed by atoms with van der Waals surface area (Å²) < 4.78 is 0. The van der Waals surface area contributed by atoms with Crippen molar-refractivity contribution in [3.05, 3.63) is 24.0 Å². The number of carboxylic acids is 1. The van der Waals surface area contributed by atoms with Crippen molar-refractivity contribution in [3.63, 3.8) is 0 Å². The van der Waals surface area contributed by atoms with Crippen LogP contribution in [0.5, 0.6) is 0 Å². The highest BCUT2D eigenvalue weighted by molar-refractivity contribution is 5.89. The molecule has 0 aliphatic carbocycles. The van der Waals surface area contributed by atoms with Crippen molar-refractivity contribution in [1.82, 2.24) is 10.3 Å². The molecular weight excluding hydrogens is 222 g/mol. The molecule has 0 saturated carbocycles. The fourth-order valence-electron chi connectivity index (χ4n) is 1.05. The molecule has 0 fully saturated rings. The maximum atomic E-state index is 11.4. The first-order valence-corrected chi connectivity index (χ1v) is 5.19. The highest BCUT2D eigenvalue weighted by Gasteiger charge is 2.11. The van der Waals surface area contributed by atoms with E-state index >= 15 is 0 Å². The number of carboxylic acid groups (broad SMARTS) is 1. The van der Waals surface area contributed by atoms with Gasteiger partial charge in [0.05, 0.1) is 17.8 Å². The van der Waals surface area contributed by atoms with Crippen molar-refractivity contribution >= 4 is 17.7 Å². The average Bonchev–Trinajstić information content (AvgIpc) is 2.29. The second kappa shape index (κ2) is 5.83. The number of anilines is 1. The fourth-order valence-corrected chi connectivity index (χ4v) is 1.05. The second-order valence-corrected chi connectivity index (χ2v) is 3.76. The van der Waals surface area contributed by atoms with Gasteiger partial charge in [0.1, 0.15) is 0 Å². The molecule has 17 heavy (non-hydrogen) atoms. The molecule has 2 amide bonds. The summed E-state index contributed by atoms with van der Waals surface area (Å²) in [7, 11) is 0. The lowest BCUT2D eigenvalue weighted by molar-refractivity contribution is -0.140. The normalized spacial score (nSPS) is 11.6. The molecule has 6 nitrogen and oxygen atoms in total. The SMILES string of the molecule is Cc1ccc(NC(=O)NCC(C)C(=O)O)cn1. The smallest absolute Gasteiger partial charge is 0.319 e. The summed E-state index contributed by atoms with van der Waals surface area (Å²) in [6.45, 7) is 3.45. The Kier molecular flexibility index (Phi) is 4.45. The van der Waals surface area contributed by atoms with Gasteiger partial charge in [0, 0.05) is 12.2 Å². The Hall–Kier alpha value is -2.11. The molecule has 0 aliphatic heterocycles. The molecule has 0 saturated heterocycles. The average molecular weight is 237 g/mol. The summed E-state index contributed by atoms with van der Waals surface area (Å²) in [5.74, 6) is -1.56. The molecule has 0 spiro atoms. The van der Waals surface area contributed by atoms with Crippen LogP contribution >= 0.6 is 0 Å². The fraction of sp³-hybridized carbons (Fsp3) is 0.364. The van der Waals surface area contributed by atoms with Gasteiger partial charge in [-0.05, 0) is 19.1 Å². The molecule has 1 unspecified atom stereocenters. The van der Waals surface area contributed by atoms with Gasteiger partial charge >= 0.3 is 12.0 Å². The third kappa shape index (κ3) is 4.50. The lowest BCUT2D eigenvalue weighted by Gasteiger charge is -2.09. The molecule has 6 heteroatoms. The van der Waals surface area contributed by atoms with Crippen molar-refractivity contribution in [2.75, 3.05) is 11.9 Å². The van der Waals surface area contributed by atoms with Gasteiger partial charge in [0.15, 0.2) is 0 Å². The number of pyridine rings is 1. The second-order valence-electron chi connectivity index (χ2n) is 3.76. The van der Waals surface area contributed by atoms with E-state index in [-0.39, 0.29) is 6.54 Å². The predicted octanol–water partition coefficient (Wildman–Crippen LogP) is 1.23. The van der Waals surface area contributed by atoms with Crippen LogP contribution in [-0.4, -0.2) is 28.6 Å². The quantitative estimate of drug-likeness (QED) is 0.734. The van der Waals surface area contributed by atoms with Crippen molar-refractivity contribution in [3.8, 4) is 0 Å². The molecule has 1 rings (SSSR count). The van der Waals surface area contributed by atoms with Gasteiger partial charge in [-0.2, -0.15) is 0 Å². The summed E-state index contributed by atoms with van der Waals surface area (Å²) in [6.07, 6.45) is 1.54. The van der Waals surface area contributed by atoms with Crippen LogP contribution in [-0.2, 0) is 4.79 Å². The summed E-state index contributed by atoms with van der Waals surface area (Å²) >= 11 is 0. The summed E-state index contributed by atoms with van der Waals surface area (Å²) in [5, 5.41) is 13.7. The van der Waals surface area contributed by atoms with Gasteiger partial charge in [-0.1, -0.05) is 6.92 Å². The van der Waals surface area contributed by atoms with Crippen LogP contribution in [0.15, 0.2) is 18.3 Å². The summed E-state index contributed by atoms with van der Waals surface area (Å²) in [5.41, 5.74) is 1.42. The van der Waals surface area contributed by atoms with Crippen molar-refractivity contribution in [2.24, 2.45) is 5.92 Å². The third-order valence-electron chi connectivity index (χ3n) is 2.16. The molecule has 0 radical (unpaired) electrons. The number of aryl methyl sites for hydroxylation is 1. The molecule has 1 atom stereocenters. The number of rotatable bonds is 4. The Morgan fingerprint density at radius 1 is 1.47 bits per heavy atom. The van der Waals surface area contributed by atoms with E-state index in [9.17, 15) is 9.59 Å². The van der Waals surface area contributed by atoms with Crippen LogP contribution in [0, 0.1) is 12.8 Å². The van der Waals surface area contributed by atoms with Crippen LogP contribution in [0.3, 0.4) is 0 Å². The predicted molar refractivity (Wildman–Crippen MR) is 62.8 cm³/mol. The van der Waals surface area contributed by atoms with Crippen LogP contribution in [0.1, 0.15) is 12.6 Å². The maximum absolute atomic E-state index is 11.4. The zero-order valence-electron chi connectivity index (χ0n) is 9.73. The molecule has 3 N–H and O–H groups in total. The van der Waals surface area contributed by atoms with Gasteiger partial charge < -0.3 is 15.7 Å². The zero-order chi connectivity index (χ0) is 12.8. The van der Waals surface area contributed by atoms with Crippen molar-refractivity contribution in [2.45, 2.75) is 13.8 Å². The number of nitrogens with one attached hydrogen (secondary N) is 2. The van der Waals surface area contributed by atoms with E-state index < -0.39 is 17.9 Å². The minimum absolute atomic E-state index is 0.0838. The Balaban J connectivity index is 2.39. The van der Waals surface area contributed by atoms with Gasteiger partial charge in [-0.15, -0.1) is 0 Å². The number of aromatic nitrogens is 1. The highest BCUT2D eigenvalue weighted by atomic mass is 16.4. The maximum Gasteiger partial charge on any atom is 0.319 e. The molecule has 0 aromatic carbocycles. The monoisotopic (exact) mass is 237 g/mol. The minimum atomic E-state index is -0.942. The number of carbonyl (C=O) groups is 2. The minimum Gasteiger partial charge on any atom is -0.481 e. The van der Waals surface area contributed by atoms with E-state index in [0.717, 1.165) is 5.69 Å². The van der Waals surface area contributed by atoms with Gasteiger partial charge in [0.25, 0.3) is 0 Å². The molecule has 0 bridgehead atoms. The van der Waals surface area contributed by atoms with Crippen LogP contribution < -0.4 is 10.6 Å². The summed E-state index contributed by atoms with van der Waals surface area (Å²) in [6, 6.07) is 3.06. The Bertz CT molecular complexity index is 403. The molecule has 1 aromatic rings. The number of hydrogen-bond acceptors (Lipinski definition) is 3. The van der Waals surface area contributed by atoms with Crippen molar-refractivity contribution < 1.29 is 14.7 Å². The van der Waals surface area contributed by atoms with E-state index in [2.05, 4.69) is 15.6 Å². The molecule has 92 valence electrons. The van der Waals surface area contributed by atoms with E-state index in [1.807, 2.05) is 6.92 Å². The van der Waals surface area contributed by atoms with Crippen LogP contribution in [0.2, 0.25) is 0 Å². The highest BCUT2D eigenvalue weighted by Crippen LogP contribution is 2.04. The van der Waals surface area contributed by atoms with Crippen LogP contribution in [0.4, 0.5) is 10.5 Å². The third-order valence-corrected chi connectivity index (χ3v) is 2.16. The van der Waals surface area contributed by atoms with E-state index in [0.29, 0.717) is 5.69 Å². The number of nitrogens with zero attached hydrogens (tertiary/aromatic N) is 1. The Labute approximate surface area is 99.1 Å². The topological polar surface area (TPSA) is 91.3 Å². The van der Waals surface area contributed by atoms with Crippen LogP contribution in [0.25, 0.3) is 0 Å². The first kappa shape index (κ1) is 13.0. The lowest BCUT2D eigenvalue weighted by Crippen LogP contribution is -2.34. The standard InChI is InChI=1S/C11H15N3O3/c1-7(10(15)16)5-13-11(17)14-9-4-3-8(2)12-6-9/h3-4,6-7H,5H2,1-2H3,(H,15,16)(H2,13,14,17). The Morgan fingerprint density at radius 3 is 2.71 bits per heavy atom. The first-order chi connectivity index (χ1) is 7.99. The van der Waals surface area contributed by atoms with E-state index in [1.165, 1.54) is 13.1 Å². The van der Waals surface area contributed by atoms with Gasteiger partial charge in [0.2, 0.25) is 0 Å². The number of amides is 2. The lowest BCUT2D eigenvalue weighted by atomic mass is 10.2. The number of urea groups is 1. The van der Waals surface area contributed by atoms with E-state index in [4.69, 9.17) is 5.11 Å². The van der Waals surface area contributed by atoms with Crippen molar-refractivity contribution in [1.29, 1.82) is 0 Å². The Morgan fingerprint density at radius 2 is 2.18 bits per heavy atom. The number of hydrogen-bond donors (Lipinski definition) is 3. The zero-order valence-corrected chi connectivity index (χ0v) is 9.73. The molecule has 1 aromatic heterocycles. The number of aliphatic carboxylic acids is 1. The molecular formula is C11H15N3O3. The largest absolute Gasteiger partial charge is 0.481 e. The molecule has 1 heterocycles. The van der Waals surface area contributed by atoms with Gasteiger partial charge in [-0.3, -0.25) is 9.78 Å².